The Morgan fingerprint density at radius 3 is 2.90 bits per heavy atom. The molecule has 2 fully saturated rings. The van der Waals surface area contributed by atoms with Crippen LogP contribution in [0.25, 0.3) is 0 Å². The predicted octanol–water partition coefficient (Wildman–Crippen LogP) is 1.70. The van der Waals surface area contributed by atoms with Crippen molar-refractivity contribution in [1.82, 2.24) is 10.2 Å². The van der Waals surface area contributed by atoms with Crippen molar-refractivity contribution >= 4 is 11.6 Å². The first-order chi connectivity index (χ1) is 10.1. The Morgan fingerprint density at radius 2 is 2.19 bits per heavy atom. The summed E-state index contributed by atoms with van der Waals surface area (Å²) in [6.45, 7) is 2.05. The van der Waals surface area contributed by atoms with Crippen LogP contribution in [0.3, 0.4) is 0 Å². The Kier molecular flexibility index (Phi) is 3.59. The molecule has 1 aromatic carbocycles. The van der Waals surface area contributed by atoms with Crippen molar-refractivity contribution in [3.63, 3.8) is 0 Å². The van der Waals surface area contributed by atoms with Crippen LogP contribution < -0.4 is 5.32 Å². The van der Waals surface area contributed by atoms with E-state index >= 15 is 0 Å². The monoisotopic (exact) mass is 293 g/mol. The standard InChI is InChI=1S/C14H16FN3O3/c15-10-8-9(3-4-12(10)18(20)21)14(19)16-11-5-7-17-6-1-2-13(11)17/h3-4,8,11,13H,1-2,5-7H2,(H,16,19). The largest absolute Gasteiger partial charge is 0.348 e. The molecule has 2 aliphatic rings. The van der Waals surface area contributed by atoms with Crippen LogP contribution in [0.4, 0.5) is 10.1 Å². The van der Waals surface area contributed by atoms with E-state index in [4.69, 9.17) is 0 Å². The Bertz CT molecular complexity index is 593. The first-order valence-electron chi connectivity index (χ1n) is 7.05. The van der Waals surface area contributed by atoms with E-state index in [0.717, 1.165) is 44.5 Å². The second-order valence-electron chi connectivity index (χ2n) is 5.54. The molecule has 1 aromatic rings. The molecule has 3 rings (SSSR count). The molecule has 0 saturated carbocycles. The molecule has 2 heterocycles. The summed E-state index contributed by atoms with van der Waals surface area (Å²) in [7, 11) is 0. The lowest BCUT2D eigenvalue weighted by molar-refractivity contribution is -0.387. The van der Waals surface area contributed by atoms with Gasteiger partial charge in [-0.15, -0.1) is 0 Å². The van der Waals surface area contributed by atoms with Gasteiger partial charge in [-0.2, -0.15) is 4.39 Å². The molecular weight excluding hydrogens is 277 g/mol. The van der Waals surface area contributed by atoms with Crippen molar-refractivity contribution in [1.29, 1.82) is 0 Å². The topological polar surface area (TPSA) is 75.5 Å². The maximum absolute atomic E-state index is 13.6. The highest BCUT2D eigenvalue weighted by atomic mass is 19.1. The highest BCUT2D eigenvalue weighted by molar-refractivity contribution is 5.94. The zero-order valence-electron chi connectivity index (χ0n) is 11.4. The number of nitro benzene ring substituents is 1. The second-order valence-corrected chi connectivity index (χ2v) is 5.54. The van der Waals surface area contributed by atoms with Gasteiger partial charge in [0.2, 0.25) is 5.82 Å². The molecule has 2 saturated heterocycles. The fourth-order valence-electron chi connectivity index (χ4n) is 3.30. The third-order valence-electron chi connectivity index (χ3n) is 4.33. The first kappa shape index (κ1) is 13.9. The van der Waals surface area contributed by atoms with Crippen molar-refractivity contribution in [2.75, 3.05) is 13.1 Å². The van der Waals surface area contributed by atoms with Gasteiger partial charge < -0.3 is 5.32 Å². The van der Waals surface area contributed by atoms with Gasteiger partial charge in [-0.3, -0.25) is 19.8 Å². The fraction of sp³-hybridized carbons (Fsp3) is 0.500. The van der Waals surface area contributed by atoms with E-state index in [-0.39, 0.29) is 17.5 Å². The zero-order chi connectivity index (χ0) is 15.0. The third kappa shape index (κ3) is 2.61. The van der Waals surface area contributed by atoms with E-state index in [0.29, 0.717) is 6.04 Å². The second kappa shape index (κ2) is 5.40. The SMILES string of the molecule is O=C(NC1CCN2CCCC12)c1ccc([N+](=O)[O-])c(F)c1. The summed E-state index contributed by atoms with van der Waals surface area (Å²) in [5.74, 6) is -1.36. The van der Waals surface area contributed by atoms with Crippen LogP contribution in [0.2, 0.25) is 0 Å². The lowest BCUT2D eigenvalue weighted by Gasteiger charge is -2.21. The number of halogens is 1. The van der Waals surface area contributed by atoms with Crippen LogP contribution in [-0.2, 0) is 0 Å². The number of fused-ring (bicyclic) bond motifs is 1. The summed E-state index contributed by atoms with van der Waals surface area (Å²) >= 11 is 0. The minimum Gasteiger partial charge on any atom is -0.348 e. The van der Waals surface area contributed by atoms with Crippen LogP contribution >= 0.6 is 0 Å². The van der Waals surface area contributed by atoms with E-state index in [2.05, 4.69) is 10.2 Å². The van der Waals surface area contributed by atoms with Gasteiger partial charge in [0, 0.05) is 30.3 Å². The van der Waals surface area contributed by atoms with Gasteiger partial charge in [0.05, 0.1) is 4.92 Å². The lowest BCUT2D eigenvalue weighted by atomic mass is 10.1. The van der Waals surface area contributed by atoms with Crippen LogP contribution in [-0.4, -0.2) is 40.9 Å². The number of benzene rings is 1. The van der Waals surface area contributed by atoms with Gasteiger partial charge in [-0.05, 0) is 37.9 Å². The maximum atomic E-state index is 13.6. The van der Waals surface area contributed by atoms with Crippen LogP contribution in [0.1, 0.15) is 29.6 Å². The minimum atomic E-state index is -0.985. The molecule has 2 unspecified atom stereocenters. The normalized spacial score (nSPS) is 24.8. The van der Waals surface area contributed by atoms with Gasteiger partial charge >= 0.3 is 5.69 Å². The van der Waals surface area contributed by atoms with Crippen LogP contribution in [0.15, 0.2) is 18.2 Å². The van der Waals surface area contributed by atoms with E-state index in [1.165, 1.54) is 6.07 Å². The molecule has 0 radical (unpaired) electrons. The number of rotatable bonds is 3. The van der Waals surface area contributed by atoms with Gasteiger partial charge in [-0.25, -0.2) is 0 Å². The van der Waals surface area contributed by atoms with E-state index in [1.54, 1.807) is 0 Å². The Morgan fingerprint density at radius 1 is 1.38 bits per heavy atom. The summed E-state index contributed by atoms with van der Waals surface area (Å²) in [4.78, 5) is 24.3. The molecular formula is C14H16FN3O3. The van der Waals surface area contributed by atoms with Crippen molar-refractivity contribution in [2.24, 2.45) is 0 Å². The molecule has 6 nitrogen and oxygen atoms in total. The number of nitro groups is 1. The van der Waals surface area contributed by atoms with Crippen LogP contribution in [0.5, 0.6) is 0 Å². The predicted molar refractivity (Wildman–Crippen MR) is 73.5 cm³/mol. The molecule has 0 bridgehead atoms. The zero-order valence-corrected chi connectivity index (χ0v) is 11.4. The summed E-state index contributed by atoms with van der Waals surface area (Å²) in [6.07, 6.45) is 3.11. The van der Waals surface area contributed by atoms with Crippen LogP contribution in [0, 0.1) is 15.9 Å². The molecule has 1 amide bonds. The molecule has 1 N–H and O–H groups in total. The minimum absolute atomic E-state index is 0.0817. The van der Waals surface area contributed by atoms with Crippen molar-refractivity contribution in [3.8, 4) is 0 Å². The average Bonchev–Trinajstić information content (AvgIpc) is 3.03. The van der Waals surface area contributed by atoms with E-state index in [1.807, 2.05) is 0 Å². The molecule has 2 aliphatic heterocycles. The Hall–Kier alpha value is -2.02. The van der Waals surface area contributed by atoms with Gasteiger partial charge in [0.1, 0.15) is 0 Å². The van der Waals surface area contributed by atoms with Crippen molar-refractivity contribution in [3.05, 3.63) is 39.7 Å². The van der Waals surface area contributed by atoms with E-state index < -0.39 is 16.4 Å². The molecule has 0 spiro atoms. The molecule has 0 aliphatic carbocycles. The van der Waals surface area contributed by atoms with Gasteiger partial charge in [-0.1, -0.05) is 0 Å². The number of carbonyl (C=O) groups excluding carboxylic acids is 1. The summed E-state index contributed by atoms with van der Waals surface area (Å²) in [5.41, 5.74) is -0.496. The number of carbonyl (C=O) groups is 1. The molecule has 0 aromatic heterocycles. The molecule has 21 heavy (non-hydrogen) atoms. The molecule has 2 atom stereocenters. The number of hydrogen-bond donors (Lipinski definition) is 1. The first-order valence-corrected chi connectivity index (χ1v) is 7.05. The number of nitrogens with one attached hydrogen (secondary N) is 1. The van der Waals surface area contributed by atoms with E-state index in [9.17, 15) is 19.3 Å². The number of amides is 1. The summed E-state index contributed by atoms with van der Waals surface area (Å²) in [5, 5.41) is 13.5. The lowest BCUT2D eigenvalue weighted by Crippen LogP contribution is -2.42. The molecule has 7 heteroatoms. The molecule has 112 valence electrons. The number of hydrogen-bond acceptors (Lipinski definition) is 4. The highest BCUT2D eigenvalue weighted by Crippen LogP contribution is 2.28. The maximum Gasteiger partial charge on any atom is 0.304 e. The van der Waals surface area contributed by atoms with Crippen molar-refractivity contribution in [2.45, 2.75) is 31.3 Å². The smallest absolute Gasteiger partial charge is 0.304 e. The fourth-order valence-corrected chi connectivity index (χ4v) is 3.30. The quantitative estimate of drug-likeness (QED) is 0.680. The highest BCUT2D eigenvalue weighted by Gasteiger charge is 2.37. The van der Waals surface area contributed by atoms with Gasteiger partial charge in [0.15, 0.2) is 0 Å². The summed E-state index contributed by atoms with van der Waals surface area (Å²) < 4.78 is 13.6. The average molecular weight is 293 g/mol. The van der Waals surface area contributed by atoms with Crippen molar-refractivity contribution < 1.29 is 14.1 Å². The summed E-state index contributed by atoms with van der Waals surface area (Å²) in [6, 6.07) is 3.70. The Balaban J connectivity index is 1.71. The Labute approximate surface area is 121 Å². The number of nitrogens with zero attached hydrogens (tertiary/aromatic N) is 2. The van der Waals surface area contributed by atoms with Gasteiger partial charge in [0.25, 0.3) is 5.91 Å². The third-order valence-corrected chi connectivity index (χ3v) is 4.33.